The molecule has 0 amide bonds. The van der Waals surface area contributed by atoms with Crippen LogP contribution < -0.4 is 0 Å². The van der Waals surface area contributed by atoms with Crippen LogP contribution in [0.1, 0.15) is 0 Å². The van der Waals surface area contributed by atoms with E-state index in [1.807, 2.05) is 60.7 Å². The summed E-state index contributed by atoms with van der Waals surface area (Å²) in [6, 6.07) is 50.9. The minimum Gasteiger partial charge on any atom is -0.278 e. The van der Waals surface area contributed by atoms with Crippen LogP contribution in [0.2, 0.25) is 0 Å². The van der Waals surface area contributed by atoms with Gasteiger partial charge < -0.3 is 0 Å². The molecule has 0 saturated carbocycles. The van der Waals surface area contributed by atoms with Gasteiger partial charge in [0.2, 0.25) is 5.95 Å². The van der Waals surface area contributed by atoms with Crippen LogP contribution in [-0.4, -0.2) is 19.5 Å². The Morgan fingerprint density at radius 1 is 0.349 bits per heavy atom. The van der Waals surface area contributed by atoms with E-state index in [2.05, 4.69) is 89.5 Å². The van der Waals surface area contributed by atoms with Crippen molar-refractivity contribution in [3.05, 3.63) is 146 Å². The Labute approximate surface area is 247 Å². The zero-order chi connectivity index (χ0) is 28.3. The number of hydrogen-bond donors (Lipinski definition) is 0. The Hall–Kier alpha value is -5.87. The van der Waals surface area contributed by atoms with E-state index >= 15 is 0 Å². The molecule has 200 valence electrons. The molecule has 0 fully saturated rings. The predicted molar refractivity (Wildman–Crippen MR) is 178 cm³/mol. The smallest absolute Gasteiger partial charge is 0.238 e. The maximum atomic E-state index is 5.08. The van der Waals surface area contributed by atoms with Crippen molar-refractivity contribution in [2.24, 2.45) is 0 Å². The Morgan fingerprint density at radius 2 is 0.907 bits per heavy atom. The number of aromatic nitrogens is 4. The molecule has 0 aliphatic carbocycles. The summed E-state index contributed by atoms with van der Waals surface area (Å²) >= 11 is 0. The molecule has 0 N–H and O–H groups in total. The maximum absolute atomic E-state index is 5.08. The van der Waals surface area contributed by atoms with Crippen LogP contribution >= 0.6 is 0 Å². The molecule has 43 heavy (non-hydrogen) atoms. The van der Waals surface area contributed by atoms with Gasteiger partial charge in [0.05, 0.1) is 11.0 Å². The van der Waals surface area contributed by atoms with E-state index in [0.29, 0.717) is 17.6 Å². The first-order valence-corrected chi connectivity index (χ1v) is 14.5. The molecule has 0 aliphatic heterocycles. The first-order chi connectivity index (χ1) is 21.3. The molecule has 0 aliphatic rings. The van der Waals surface area contributed by atoms with E-state index in [-0.39, 0.29) is 0 Å². The summed E-state index contributed by atoms with van der Waals surface area (Å²) in [6.07, 6.45) is 0. The second-order valence-electron chi connectivity index (χ2n) is 10.9. The van der Waals surface area contributed by atoms with Crippen LogP contribution in [0.25, 0.3) is 82.8 Å². The van der Waals surface area contributed by atoms with Crippen LogP contribution in [0, 0.1) is 0 Å². The van der Waals surface area contributed by atoms with Crippen molar-refractivity contribution in [3.63, 3.8) is 0 Å². The fourth-order valence-electron chi connectivity index (χ4n) is 6.49. The predicted octanol–water partition coefficient (Wildman–Crippen LogP) is 9.76. The van der Waals surface area contributed by atoms with Crippen molar-refractivity contribution in [1.82, 2.24) is 19.5 Å². The Morgan fingerprint density at radius 3 is 1.65 bits per heavy atom. The number of nitrogens with zero attached hydrogens (tertiary/aromatic N) is 4. The third-order valence-electron chi connectivity index (χ3n) is 8.43. The van der Waals surface area contributed by atoms with E-state index in [0.717, 1.165) is 22.2 Å². The average Bonchev–Trinajstić information content (AvgIpc) is 3.43. The number of fused-ring (bicyclic) bond motifs is 9. The monoisotopic (exact) mass is 548 g/mol. The van der Waals surface area contributed by atoms with E-state index in [9.17, 15) is 0 Å². The molecule has 7 aromatic carbocycles. The lowest BCUT2D eigenvalue weighted by Gasteiger charge is -2.12. The third kappa shape index (κ3) is 3.67. The average molecular weight is 549 g/mol. The van der Waals surface area contributed by atoms with Crippen LogP contribution in [0.15, 0.2) is 146 Å². The molecule has 0 unspecified atom stereocenters. The highest BCUT2D eigenvalue weighted by Crippen LogP contribution is 2.40. The van der Waals surface area contributed by atoms with Gasteiger partial charge in [-0.2, -0.15) is 9.97 Å². The zero-order valence-electron chi connectivity index (χ0n) is 23.1. The van der Waals surface area contributed by atoms with Gasteiger partial charge >= 0.3 is 0 Å². The molecule has 2 aromatic heterocycles. The van der Waals surface area contributed by atoms with Gasteiger partial charge in [-0.1, -0.05) is 133 Å². The first-order valence-electron chi connectivity index (χ1n) is 14.5. The summed E-state index contributed by atoms with van der Waals surface area (Å²) in [7, 11) is 0. The molecule has 0 atom stereocenters. The molecule has 0 bridgehead atoms. The van der Waals surface area contributed by atoms with Crippen molar-refractivity contribution in [1.29, 1.82) is 0 Å². The highest BCUT2D eigenvalue weighted by atomic mass is 15.2. The lowest BCUT2D eigenvalue weighted by molar-refractivity contribution is 0.953. The molecule has 0 spiro atoms. The van der Waals surface area contributed by atoms with Gasteiger partial charge in [-0.05, 0) is 44.5 Å². The minimum atomic E-state index is 0.601. The second-order valence-corrected chi connectivity index (χ2v) is 10.9. The number of hydrogen-bond acceptors (Lipinski definition) is 3. The Kier molecular flexibility index (Phi) is 5.16. The fourth-order valence-corrected chi connectivity index (χ4v) is 6.49. The molecule has 4 heteroatoms. The van der Waals surface area contributed by atoms with E-state index in [4.69, 9.17) is 15.0 Å². The molecule has 9 rings (SSSR count). The first kappa shape index (κ1) is 23.8. The van der Waals surface area contributed by atoms with Crippen LogP contribution in [0.4, 0.5) is 0 Å². The Bertz CT molecular complexity index is 2440. The minimum absolute atomic E-state index is 0.601. The molecule has 9 aromatic rings. The van der Waals surface area contributed by atoms with Gasteiger partial charge in [0, 0.05) is 21.9 Å². The standard InChI is InChI=1S/C39H24N4/c1-3-12-27(13-4-1)37-40-38(28-14-5-2-6-15-28)42-39(41-37)43-33-18-10-9-17-32(33)36-31-22-21-26-20-19-25-11-7-8-16-29(25)35(26)30(31)23-24-34(36)43/h1-24H. The van der Waals surface area contributed by atoms with Gasteiger partial charge in [0.25, 0.3) is 0 Å². The van der Waals surface area contributed by atoms with Crippen LogP contribution in [0.5, 0.6) is 0 Å². The van der Waals surface area contributed by atoms with Gasteiger partial charge in [0.1, 0.15) is 0 Å². The lowest BCUT2D eigenvalue weighted by Crippen LogP contribution is -2.06. The maximum Gasteiger partial charge on any atom is 0.238 e. The molecular weight excluding hydrogens is 524 g/mol. The Balaban J connectivity index is 1.40. The summed E-state index contributed by atoms with van der Waals surface area (Å²) in [5, 5.41) is 9.88. The zero-order valence-corrected chi connectivity index (χ0v) is 23.1. The normalized spacial score (nSPS) is 11.7. The molecule has 4 nitrogen and oxygen atoms in total. The number of rotatable bonds is 3. The van der Waals surface area contributed by atoms with Gasteiger partial charge in [-0.25, -0.2) is 4.98 Å². The molecule has 0 radical (unpaired) electrons. The number of para-hydroxylation sites is 1. The highest BCUT2D eigenvalue weighted by Gasteiger charge is 2.19. The van der Waals surface area contributed by atoms with Crippen molar-refractivity contribution >= 4 is 54.1 Å². The topological polar surface area (TPSA) is 43.6 Å². The summed E-state index contributed by atoms with van der Waals surface area (Å²) in [6.45, 7) is 0. The van der Waals surface area contributed by atoms with Gasteiger partial charge in [-0.15, -0.1) is 0 Å². The summed E-state index contributed by atoms with van der Waals surface area (Å²) in [5.74, 6) is 1.90. The van der Waals surface area contributed by atoms with E-state index in [1.54, 1.807) is 0 Å². The number of benzene rings is 7. The second kappa shape index (κ2) is 9.33. The highest BCUT2D eigenvalue weighted by molar-refractivity contribution is 6.29. The summed E-state index contributed by atoms with van der Waals surface area (Å²) in [4.78, 5) is 15.1. The summed E-state index contributed by atoms with van der Waals surface area (Å²) in [5.41, 5.74) is 4.03. The quantitative estimate of drug-likeness (QED) is 0.206. The lowest BCUT2D eigenvalue weighted by atomic mass is 9.94. The van der Waals surface area contributed by atoms with E-state index < -0.39 is 0 Å². The van der Waals surface area contributed by atoms with Crippen molar-refractivity contribution in [2.45, 2.75) is 0 Å². The SMILES string of the molecule is c1ccc(-c2nc(-c3ccccc3)nc(-n3c4ccccc4c4c5ccc6ccc7ccccc7c6c5ccc43)n2)cc1. The van der Waals surface area contributed by atoms with Crippen molar-refractivity contribution < 1.29 is 0 Å². The molecule has 2 heterocycles. The molecular formula is C39H24N4. The largest absolute Gasteiger partial charge is 0.278 e. The molecule has 0 saturated heterocycles. The third-order valence-corrected chi connectivity index (χ3v) is 8.43. The van der Waals surface area contributed by atoms with Gasteiger partial charge in [-0.3, -0.25) is 4.57 Å². The van der Waals surface area contributed by atoms with Crippen molar-refractivity contribution in [3.8, 4) is 28.7 Å². The summed E-state index contributed by atoms with van der Waals surface area (Å²) < 4.78 is 2.19. The van der Waals surface area contributed by atoms with Crippen molar-refractivity contribution in [2.75, 3.05) is 0 Å². The van der Waals surface area contributed by atoms with Crippen LogP contribution in [0.3, 0.4) is 0 Å². The van der Waals surface area contributed by atoms with E-state index in [1.165, 1.54) is 43.1 Å². The fraction of sp³-hybridized carbons (Fsp3) is 0. The van der Waals surface area contributed by atoms with Gasteiger partial charge in [0.15, 0.2) is 11.6 Å². The van der Waals surface area contributed by atoms with Crippen LogP contribution in [-0.2, 0) is 0 Å².